The molecule has 0 aromatic heterocycles. The Hall–Kier alpha value is -4.24. The fourth-order valence-corrected chi connectivity index (χ4v) is 3.91. The van der Waals surface area contributed by atoms with Crippen molar-refractivity contribution in [3.63, 3.8) is 0 Å². The van der Waals surface area contributed by atoms with Crippen LogP contribution in [-0.4, -0.2) is 41.0 Å². The van der Waals surface area contributed by atoms with Crippen LogP contribution in [0.15, 0.2) is 84.9 Å². The van der Waals surface area contributed by atoms with Gasteiger partial charge in [0, 0.05) is 11.3 Å². The molecule has 34 heavy (non-hydrogen) atoms. The molecule has 0 saturated carbocycles. The van der Waals surface area contributed by atoms with Crippen LogP contribution in [0.3, 0.4) is 0 Å². The summed E-state index contributed by atoms with van der Waals surface area (Å²) in [7, 11) is 1.55. The third kappa shape index (κ3) is 4.89. The molecule has 3 aromatic rings. The Balaban J connectivity index is 1.56. The molecule has 3 amide bonds. The van der Waals surface area contributed by atoms with Gasteiger partial charge < -0.3 is 10.1 Å². The average molecular weight is 475 g/mol. The van der Waals surface area contributed by atoms with E-state index >= 15 is 0 Å². The number of hydrogen-bond donors (Lipinski definition) is 2. The molecule has 0 aliphatic carbocycles. The van der Waals surface area contributed by atoms with Gasteiger partial charge in [-0.25, -0.2) is 5.01 Å². The number of nitrogens with one attached hydrogen (secondary N) is 2. The first kappa shape index (κ1) is 22.9. The van der Waals surface area contributed by atoms with Crippen LogP contribution in [0, 0.1) is 0 Å². The van der Waals surface area contributed by atoms with Crippen LogP contribution in [0.1, 0.15) is 16.8 Å². The predicted molar refractivity (Wildman–Crippen MR) is 132 cm³/mol. The minimum atomic E-state index is -1.02. The first-order valence-electron chi connectivity index (χ1n) is 10.5. The molecule has 4 rings (SSSR count). The van der Waals surface area contributed by atoms with Gasteiger partial charge in [-0.3, -0.25) is 24.7 Å². The van der Waals surface area contributed by atoms with E-state index in [1.807, 2.05) is 6.07 Å². The Morgan fingerprint density at radius 2 is 1.56 bits per heavy atom. The molecule has 0 bridgehead atoms. The summed E-state index contributed by atoms with van der Waals surface area (Å²) in [6, 6.07) is 23.2. The van der Waals surface area contributed by atoms with Crippen molar-refractivity contribution >= 4 is 46.4 Å². The number of hydrazine groups is 1. The van der Waals surface area contributed by atoms with Gasteiger partial charge in [-0.1, -0.05) is 36.4 Å². The summed E-state index contributed by atoms with van der Waals surface area (Å²) < 4.78 is 5.12. The van der Waals surface area contributed by atoms with Crippen LogP contribution >= 0.6 is 12.2 Å². The van der Waals surface area contributed by atoms with Gasteiger partial charge in [0.05, 0.1) is 19.2 Å². The Bertz CT molecular complexity index is 1200. The van der Waals surface area contributed by atoms with Gasteiger partial charge in [0.15, 0.2) is 0 Å². The Labute approximate surface area is 202 Å². The lowest BCUT2D eigenvalue weighted by Gasteiger charge is -2.24. The van der Waals surface area contributed by atoms with Crippen molar-refractivity contribution in [1.29, 1.82) is 0 Å². The third-order valence-electron chi connectivity index (χ3n) is 5.24. The van der Waals surface area contributed by atoms with E-state index in [-0.39, 0.29) is 11.5 Å². The van der Waals surface area contributed by atoms with Gasteiger partial charge >= 0.3 is 0 Å². The highest BCUT2D eigenvalue weighted by molar-refractivity contribution is 7.80. The standard InChI is InChI=1S/C25H22N4O4S/c1-33-20-14-12-18(13-15-20)26-22(30)16-21-24(32)28(19-10-6-3-7-11-19)25(34)29(21)27-23(31)17-8-4-2-5-9-17/h2-15,21H,16H2,1H3,(H,26,30)(H,27,31). The Kier molecular flexibility index (Phi) is 6.84. The van der Waals surface area contributed by atoms with E-state index < -0.39 is 23.8 Å². The third-order valence-corrected chi connectivity index (χ3v) is 5.62. The number of methoxy groups -OCH3 is 1. The van der Waals surface area contributed by atoms with Crippen molar-refractivity contribution in [2.24, 2.45) is 0 Å². The zero-order chi connectivity index (χ0) is 24.1. The minimum absolute atomic E-state index is 0.0859. The predicted octanol–water partition coefficient (Wildman–Crippen LogP) is 3.37. The summed E-state index contributed by atoms with van der Waals surface area (Å²) in [5.41, 5.74) is 4.21. The lowest BCUT2D eigenvalue weighted by atomic mass is 10.1. The van der Waals surface area contributed by atoms with Crippen molar-refractivity contribution in [3.8, 4) is 5.75 Å². The van der Waals surface area contributed by atoms with Gasteiger partial charge in [-0.15, -0.1) is 0 Å². The lowest BCUT2D eigenvalue weighted by molar-refractivity contribution is -0.124. The zero-order valence-electron chi connectivity index (χ0n) is 18.3. The number of hydrogen-bond acceptors (Lipinski definition) is 5. The maximum atomic E-state index is 13.4. The topological polar surface area (TPSA) is 91.0 Å². The molecule has 0 radical (unpaired) electrons. The fraction of sp³-hybridized carbons (Fsp3) is 0.120. The Morgan fingerprint density at radius 3 is 2.18 bits per heavy atom. The molecule has 2 N–H and O–H groups in total. The van der Waals surface area contributed by atoms with Crippen LogP contribution < -0.4 is 20.4 Å². The average Bonchev–Trinajstić information content (AvgIpc) is 3.09. The number of amides is 3. The summed E-state index contributed by atoms with van der Waals surface area (Å²) in [5, 5.41) is 4.14. The van der Waals surface area contributed by atoms with Gasteiger partial charge in [-0.2, -0.15) is 0 Å². The van der Waals surface area contributed by atoms with E-state index in [1.165, 1.54) is 9.91 Å². The van der Waals surface area contributed by atoms with Crippen molar-refractivity contribution in [1.82, 2.24) is 10.4 Å². The summed E-state index contributed by atoms with van der Waals surface area (Å²) in [4.78, 5) is 40.3. The molecule has 1 unspecified atom stereocenters. The van der Waals surface area contributed by atoms with Crippen LogP contribution in [0.25, 0.3) is 0 Å². The van der Waals surface area contributed by atoms with Crippen molar-refractivity contribution in [3.05, 3.63) is 90.5 Å². The number of thiocarbonyl (C=S) groups is 1. The second kappa shape index (κ2) is 10.1. The highest BCUT2D eigenvalue weighted by atomic mass is 32.1. The number of ether oxygens (including phenoxy) is 1. The summed E-state index contributed by atoms with van der Waals surface area (Å²) >= 11 is 5.55. The highest BCUT2D eigenvalue weighted by Gasteiger charge is 2.45. The number of nitrogens with zero attached hydrogens (tertiary/aromatic N) is 2. The van der Waals surface area contributed by atoms with E-state index in [1.54, 1.807) is 86.0 Å². The molecule has 0 spiro atoms. The smallest absolute Gasteiger partial charge is 0.269 e. The van der Waals surface area contributed by atoms with E-state index in [9.17, 15) is 14.4 Å². The first-order valence-corrected chi connectivity index (χ1v) is 10.9. The number of carbonyl (C=O) groups is 3. The Morgan fingerprint density at radius 1 is 0.941 bits per heavy atom. The second-order valence-corrected chi connectivity index (χ2v) is 7.83. The van der Waals surface area contributed by atoms with Crippen LogP contribution in [0.2, 0.25) is 0 Å². The first-order chi connectivity index (χ1) is 16.5. The molecular weight excluding hydrogens is 452 g/mol. The van der Waals surface area contributed by atoms with E-state index in [0.29, 0.717) is 22.7 Å². The monoisotopic (exact) mass is 474 g/mol. The van der Waals surface area contributed by atoms with Crippen molar-refractivity contribution < 1.29 is 19.1 Å². The normalized spacial score (nSPS) is 15.3. The molecule has 1 heterocycles. The zero-order valence-corrected chi connectivity index (χ0v) is 19.1. The minimum Gasteiger partial charge on any atom is -0.497 e. The van der Waals surface area contributed by atoms with Crippen molar-refractivity contribution in [2.75, 3.05) is 17.3 Å². The van der Waals surface area contributed by atoms with E-state index in [2.05, 4.69) is 10.7 Å². The molecule has 3 aromatic carbocycles. The number of benzene rings is 3. The molecule has 1 fully saturated rings. The highest BCUT2D eigenvalue weighted by Crippen LogP contribution is 2.26. The molecule has 172 valence electrons. The van der Waals surface area contributed by atoms with Gasteiger partial charge in [0.1, 0.15) is 11.8 Å². The van der Waals surface area contributed by atoms with Crippen LogP contribution in [-0.2, 0) is 9.59 Å². The van der Waals surface area contributed by atoms with Crippen LogP contribution in [0.5, 0.6) is 5.75 Å². The molecule has 1 aliphatic heterocycles. The fourth-order valence-electron chi connectivity index (χ4n) is 3.54. The largest absolute Gasteiger partial charge is 0.497 e. The van der Waals surface area contributed by atoms with Crippen molar-refractivity contribution in [2.45, 2.75) is 12.5 Å². The maximum Gasteiger partial charge on any atom is 0.269 e. The van der Waals surface area contributed by atoms with E-state index in [0.717, 1.165) is 0 Å². The number of rotatable bonds is 7. The van der Waals surface area contributed by atoms with Gasteiger partial charge in [-0.05, 0) is 60.7 Å². The molecule has 1 atom stereocenters. The van der Waals surface area contributed by atoms with E-state index in [4.69, 9.17) is 17.0 Å². The molecule has 8 nitrogen and oxygen atoms in total. The summed E-state index contributed by atoms with van der Waals surface area (Å²) in [6.45, 7) is 0. The molecular formula is C25H22N4O4S. The quantitative estimate of drug-likeness (QED) is 0.511. The molecule has 1 saturated heterocycles. The summed E-state index contributed by atoms with van der Waals surface area (Å²) in [5.74, 6) is -0.594. The second-order valence-electron chi connectivity index (χ2n) is 7.47. The SMILES string of the molecule is COc1ccc(NC(=O)CC2C(=O)N(c3ccccc3)C(=S)N2NC(=O)c2ccccc2)cc1. The summed E-state index contributed by atoms with van der Waals surface area (Å²) in [6.07, 6.45) is -0.219. The number of carbonyl (C=O) groups excluding carboxylic acids is 3. The van der Waals surface area contributed by atoms with Gasteiger partial charge in [0.25, 0.3) is 11.8 Å². The number of anilines is 2. The van der Waals surface area contributed by atoms with Gasteiger partial charge in [0.2, 0.25) is 11.0 Å². The molecule has 1 aliphatic rings. The lowest BCUT2D eigenvalue weighted by Crippen LogP contribution is -2.49. The van der Waals surface area contributed by atoms with Crippen LogP contribution in [0.4, 0.5) is 11.4 Å². The maximum absolute atomic E-state index is 13.4. The molecule has 9 heteroatoms. The number of para-hydroxylation sites is 1.